The van der Waals surface area contributed by atoms with Crippen LogP contribution in [0, 0.1) is 5.82 Å². The number of hydrogen-bond acceptors (Lipinski definition) is 1. The summed E-state index contributed by atoms with van der Waals surface area (Å²) in [5, 5.41) is 0.142. The molecule has 1 aromatic carbocycles. The average Bonchev–Trinajstić information content (AvgIpc) is 2.32. The standard InChI is InChI=1S/C14H13ClFN/c1-9(2)11-5-6-17-8-12(11)10-3-4-13(15)14(16)7-10/h3-9H,1-2H3. The predicted molar refractivity (Wildman–Crippen MR) is 68.7 cm³/mol. The summed E-state index contributed by atoms with van der Waals surface area (Å²) < 4.78 is 13.4. The highest BCUT2D eigenvalue weighted by Gasteiger charge is 2.10. The van der Waals surface area contributed by atoms with E-state index in [4.69, 9.17) is 11.6 Å². The molecule has 0 saturated carbocycles. The van der Waals surface area contributed by atoms with Crippen LogP contribution in [-0.2, 0) is 0 Å². The molecule has 3 heteroatoms. The summed E-state index contributed by atoms with van der Waals surface area (Å²) in [5.41, 5.74) is 2.92. The fourth-order valence-electron chi connectivity index (χ4n) is 1.81. The molecule has 0 spiro atoms. The van der Waals surface area contributed by atoms with Gasteiger partial charge in [0.25, 0.3) is 0 Å². The first kappa shape index (κ1) is 12.1. The van der Waals surface area contributed by atoms with Gasteiger partial charge in [-0.05, 0) is 35.2 Å². The largest absolute Gasteiger partial charge is 0.264 e. The van der Waals surface area contributed by atoms with Crippen LogP contribution in [0.3, 0.4) is 0 Å². The molecule has 1 aromatic heterocycles. The summed E-state index contributed by atoms with van der Waals surface area (Å²) in [4.78, 5) is 4.10. The third-order valence-electron chi connectivity index (χ3n) is 2.71. The summed E-state index contributed by atoms with van der Waals surface area (Å²) in [6, 6.07) is 6.80. The lowest BCUT2D eigenvalue weighted by atomic mass is 9.94. The maximum atomic E-state index is 13.4. The summed E-state index contributed by atoms with van der Waals surface area (Å²) in [5.74, 6) is -0.0329. The van der Waals surface area contributed by atoms with E-state index in [9.17, 15) is 4.39 Å². The Morgan fingerprint density at radius 1 is 1.24 bits per heavy atom. The van der Waals surface area contributed by atoms with Gasteiger partial charge in [0.1, 0.15) is 5.82 Å². The van der Waals surface area contributed by atoms with E-state index in [1.54, 1.807) is 18.5 Å². The quantitative estimate of drug-likeness (QED) is 0.754. The van der Waals surface area contributed by atoms with Crippen molar-refractivity contribution in [1.29, 1.82) is 0 Å². The number of halogens is 2. The Bertz CT molecular complexity index is 537. The van der Waals surface area contributed by atoms with Crippen LogP contribution in [0.5, 0.6) is 0 Å². The van der Waals surface area contributed by atoms with Gasteiger partial charge in [0.05, 0.1) is 5.02 Å². The van der Waals surface area contributed by atoms with Gasteiger partial charge in [-0.3, -0.25) is 4.98 Å². The topological polar surface area (TPSA) is 12.9 Å². The minimum absolute atomic E-state index is 0.142. The average molecular weight is 250 g/mol. The molecule has 1 heterocycles. The Morgan fingerprint density at radius 2 is 2.00 bits per heavy atom. The van der Waals surface area contributed by atoms with Crippen molar-refractivity contribution in [3.63, 3.8) is 0 Å². The van der Waals surface area contributed by atoms with Crippen LogP contribution < -0.4 is 0 Å². The molecule has 0 N–H and O–H groups in total. The van der Waals surface area contributed by atoms with Crippen LogP contribution in [0.25, 0.3) is 11.1 Å². The molecule has 17 heavy (non-hydrogen) atoms. The zero-order valence-electron chi connectivity index (χ0n) is 9.74. The van der Waals surface area contributed by atoms with Crippen LogP contribution in [0.15, 0.2) is 36.7 Å². The van der Waals surface area contributed by atoms with Gasteiger partial charge in [-0.2, -0.15) is 0 Å². The number of benzene rings is 1. The molecule has 0 aliphatic heterocycles. The van der Waals surface area contributed by atoms with Gasteiger partial charge in [-0.1, -0.05) is 31.5 Å². The number of aromatic nitrogens is 1. The molecule has 0 aliphatic rings. The molecule has 0 saturated heterocycles. The predicted octanol–water partition coefficient (Wildman–Crippen LogP) is 4.66. The van der Waals surface area contributed by atoms with Gasteiger partial charge in [-0.25, -0.2) is 4.39 Å². The minimum Gasteiger partial charge on any atom is -0.264 e. The third-order valence-corrected chi connectivity index (χ3v) is 3.01. The first-order valence-electron chi connectivity index (χ1n) is 5.49. The van der Waals surface area contributed by atoms with Gasteiger partial charge in [0.15, 0.2) is 0 Å². The number of hydrogen-bond donors (Lipinski definition) is 0. The van der Waals surface area contributed by atoms with Crippen LogP contribution in [0.1, 0.15) is 25.3 Å². The van der Waals surface area contributed by atoms with Crippen molar-refractivity contribution in [3.8, 4) is 11.1 Å². The SMILES string of the molecule is CC(C)c1ccncc1-c1ccc(Cl)c(F)c1. The molecule has 0 bridgehead atoms. The zero-order valence-corrected chi connectivity index (χ0v) is 10.5. The third kappa shape index (κ3) is 2.47. The fraction of sp³-hybridized carbons (Fsp3) is 0.214. The number of rotatable bonds is 2. The molecule has 0 radical (unpaired) electrons. The van der Waals surface area contributed by atoms with Crippen molar-refractivity contribution in [3.05, 3.63) is 53.1 Å². The van der Waals surface area contributed by atoms with E-state index in [1.165, 1.54) is 6.07 Å². The van der Waals surface area contributed by atoms with Crippen molar-refractivity contribution < 1.29 is 4.39 Å². The molecule has 2 rings (SSSR count). The molecule has 0 unspecified atom stereocenters. The summed E-state index contributed by atoms with van der Waals surface area (Å²) in [7, 11) is 0. The molecule has 0 aliphatic carbocycles. The molecule has 0 amide bonds. The molecule has 0 atom stereocenters. The van der Waals surface area contributed by atoms with Gasteiger partial charge in [-0.15, -0.1) is 0 Å². The Labute approximate surface area is 105 Å². The monoisotopic (exact) mass is 249 g/mol. The minimum atomic E-state index is -0.400. The highest BCUT2D eigenvalue weighted by molar-refractivity contribution is 6.30. The molecular formula is C14H13ClFN. The molecular weight excluding hydrogens is 237 g/mol. The molecule has 88 valence electrons. The molecule has 0 fully saturated rings. The van der Waals surface area contributed by atoms with Crippen LogP contribution in [0.2, 0.25) is 5.02 Å². The van der Waals surface area contributed by atoms with E-state index in [1.807, 2.05) is 12.1 Å². The molecule has 1 nitrogen and oxygen atoms in total. The highest BCUT2D eigenvalue weighted by atomic mass is 35.5. The lowest BCUT2D eigenvalue weighted by Crippen LogP contribution is -1.93. The highest BCUT2D eigenvalue weighted by Crippen LogP contribution is 2.30. The van der Waals surface area contributed by atoms with Crippen molar-refractivity contribution in [2.24, 2.45) is 0 Å². The van der Waals surface area contributed by atoms with Crippen molar-refractivity contribution in [1.82, 2.24) is 4.98 Å². The summed E-state index contributed by atoms with van der Waals surface area (Å²) >= 11 is 5.68. The van der Waals surface area contributed by atoms with E-state index in [0.717, 1.165) is 16.7 Å². The second-order valence-electron chi connectivity index (χ2n) is 4.25. The van der Waals surface area contributed by atoms with Crippen molar-refractivity contribution >= 4 is 11.6 Å². The maximum absolute atomic E-state index is 13.4. The second kappa shape index (κ2) is 4.84. The van der Waals surface area contributed by atoms with Gasteiger partial charge < -0.3 is 0 Å². The van der Waals surface area contributed by atoms with Gasteiger partial charge in [0.2, 0.25) is 0 Å². The Kier molecular flexibility index (Phi) is 3.43. The Hall–Kier alpha value is -1.41. The maximum Gasteiger partial charge on any atom is 0.142 e. The number of pyridine rings is 1. The van der Waals surface area contributed by atoms with E-state index >= 15 is 0 Å². The smallest absolute Gasteiger partial charge is 0.142 e. The van der Waals surface area contributed by atoms with Gasteiger partial charge in [0, 0.05) is 18.0 Å². The molecule has 2 aromatic rings. The number of nitrogens with zero attached hydrogens (tertiary/aromatic N) is 1. The lowest BCUT2D eigenvalue weighted by Gasteiger charge is -2.12. The van der Waals surface area contributed by atoms with E-state index < -0.39 is 5.82 Å². The summed E-state index contributed by atoms with van der Waals surface area (Å²) in [6.07, 6.45) is 3.52. The van der Waals surface area contributed by atoms with Crippen LogP contribution in [-0.4, -0.2) is 4.98 Å². The zero-order chi connectivity index (χ0) is 12.4. The van der Waals surface area contributed by atoms with Crippen molar-refractivity contribution in [2.45, 2.75) is 19.8 Å². The van der Waals surface area contributed by atoms with Gasteiger partial charge >= 0.3 is 0 Å². The van der Waals surface area contributed by atoms with Crippen LogP contribution >= 0.6 is 11.6 Å². The van der Waals surface area contributed by atoms with E-state index in [-0.39, 0.29) is 5.02 Å². The fourth-order valence-corrected chi connectivity index (χ4v) is 1.93. The van der Waals surface area contributed by atoms with Crippen molar-refractivity contribution in [2.75, 3.05) is 0 Å². The van der Waals surface area contributed by atoms with E-state index in [2.05, 4.69) is 18.8 Å². The Balaban J connectivity index is 2.56. The Morgan fingerprint density at radius 3 is 2.65 bits per heavy atom. The lowest BCUT2D eigenvalue weighted by molar-refractivity contribution is 0.628. The normalized spacial score (nSPS) is 10.9. The van der Waals surface area contributed by atoms with Crippen LogP contribution in [0.4, 0.5) is 4.39 Å². The van der Waals surface area contributed by atoms with E-state index in [0.29, 0.717) is 5.92 Å². The first-order chi connectivity index (χ1) is 8.09. The summed E-state index contributed by atoms with van der Waals surface area (Å²) in [6.45, 7) is 4.20. The second-order valence-corrected chi connectivity index (χ2v) is 4.65. The first-order valence-corrected chi connectivity index (χ1v) is 5.86.